The first-order valence-corrected chi connectivity index (χ1v) is 8.19. The zero-order valence-electron chi connectivity index (χ0n) is 12.5. The third-order valence-corrected chi connectivity index (χ3v) is 5.27. The zero-order valence-corrected chi connectivity index (χ0v) is 12.5. The molecule has 20 heavy (non-hydrogen) atoms. The van der Waals surface area contributed by atoms with Crippen molar-refractivity contribution in [1.29, 1.82) is 0 Å². The first kappa shape index (κ1) is 14.1. The lowest BCUT2D eigenvalue weighted by Gasteiger charge is -2.39. The van der Waals surface area contributed by atoms with Crippen molar-refractivity contribution in [2.24, 2.45) is 5.92 Å². The van der Waals surface area contributed by atoms with Crippen molar-refractivity contribution in [2.45, 2.75) is 64.1 Å². The van der Waals surface area contributed by atoms with Crippen molar-refractivity contribution >= 4 is 0 Å². The predicted octanol–water partition coefficient (Wildman–Crippen LogP) is 2.59. The van der Waals surface area contributed by atoms with Crippen LogP contribution < -0.4 is 0 Å². The number of piperidine rings is 1. The van der Waals surface area contributed by atoms with Crippen LogP contribution in [0.25, 0.3) is 0 Å². The Hall–Kier alpha value is -0.870. The van der Waals surface area contributed by atoms with Gasteiger partial charge in [-0.05, 0) is 50.6 Å². The first-order valence-electron chi connectivity index (χ1n) is 8.19. The van der Waals surface area contributed by atoms with Gasteiger partial charge in [0.1, 0.15) is 0 Å². The van der Waals surface area contributed by atoms with Gasteiger partial charge in [0.2, 0.25) is 0 Å². The first-order chi connectivity index (χ1) is 9.81. The molecule has 1 aliphatic heterocycles. The Labute approximate surface area is 121 Å². The van der Waals surface area contributed by atoms with E-state index in [0.29, 0.717) is 12.1 Å². The SMILES string of the molecule is CC[C@@H]1CCN(Cc2ccnn2C2CCC2)[C@H](CO)C1. The molecule has 4 nitrogen and oxygen atoms in total. The Kier molecular flexibility index (Phi) is 4.41. The van der Waals surface area contributed by atoms with Gasteiger partial charge in [-0.1, -0.05) is 13.3 Å². The van der Waals surface area contributed by atoms with E-state index < -0.39 is 0 Å². The number of aliphatic hydroxyl groups excluding tert-OH is 1. The molecule has 0 aromatic carbocycles. The average molecular weight is 277 g/mol. The van der Waals surface area contributed by atoms with E-state index in [1.54, 1.807) is 0 Å². The maximum absolute atomic E-state index is 9.68. The van der Waals surface area contributed by atoms with Gasteiger partial charge < -0.3 is 5.11 Å². The Morgan fingerprint density at radius 1 is 1.35 bits per heavy atom. The lowest BCUT2D eigenvalue weighted by Crippen LogP contribution is -2.44. The average Bonchev–Trinajstić information content (AvgIpc) is 2.85. The topological polar surface area (TPSA) is 41.3 Å². The molecule has 1 aliphatic carbocycles. The molecule has 0 amide bonds. The summed E-state index contributed by atoms with van der Waals surface area (Å²) in [6.07, 6.45) is 9.47. The minimum atomic E-state index is 0.286. The number of aliphatic hydroxyl groups is 1. The fourth-order valence-corrected chi connectivity index (χ4v) is 3.59. The minimum Gasteiger partial charge on any atom is -0.395 e. The number of aromatic nitrogens is 2. The van der Waals surface area contributed by atoms with E-state index in [2.05, 4.69) is 27.7 Å². The van der Waals surface area contributed by atoms with Crippen LogP contribution in [0.2, 0.25) is 0 Å². The van der Waals surface area contributed by atoms with Gasteiger partial charge in [-0.25, -0.2) is 0 Å². The molecule has 0 bridgehead atoms. The molecule has 2 atom stereocenters. The van der Waals surface area contributed by atoms with Crippen molar-refractivity contribution < 1.29 is 5.11 Å². The quantitative estimate of drug-likeness (QED) is 0.899. The highest BCUT2D eigenvalue weighted by Crippen LogP contribution is 2.33. The van der Waals surface area contributed by atoms with E-state index in [1.807, 2.05) is 6.20 Å². The summed E-state index contributed by atoms with van der Waals surface area (Å²) < 4.78 is 2.23. The minimum absolute atomic E-state index is 0.286. The normalized spacial score (nSPS) is 28.5. The molecule has 0 spiro atoms. The molecule has 1 N–H and O–H groups in total. The van der Waals surface area contributed by atoms with Crippen molar-refractivity contribution in [3.8, 4) is 0 Å². The van der Waals surface area contributed by atoms with E-state index in [1.165, 1.54) is 37.8 Å². The summed E-state index contributed by atoms with van der Waals surface area (Å²) in [6.45, 7) is 4.60. The summed E-state index contributed by atoms with van der Waals surface area (Å²) in [5.74, 6) is 0.792. The Morgan fingerprint density at radius 2 is 2.20 bits per heavy atom. The molecule has 1 saturated carbocycles. The van der Waals surface area contributed by atoms with Gasteiger partial charge in [0.25, 0.3) is 0 Å². The van der Waals surface area contributed by atoms with Gasteiger partial charge in [0.15, 0.2) is 0 Å². The summed E-state index contributed by atoms with van der Waals surface area (Å²) in [4.78, 5) is 2.46. The van der Waals surface area contributed by atoms with E-state index in [9.17, 15) is 5.11 Å². The second-order valence-corrected chi connectivity index (χ2v) is 6.46. The standard InChI is InChI=1S/C16H27N3O/c1-2-13-7-9-18(16(10-13)12-20)11-15-6-8-17-19(15)14-4-3-5-14/h6,8,13-14,16,20H,2-5,7,9-12H2,1H3/t13-,16+/m1/s1. The Bertz CT molecular complexity index is 427. The number of hydrogen-bond acceptors (Lipinski definition) is 3. The van der Waals surface area contributed by atoms with Crippen molar-refractivity contribution in [1.82, 2.24) is 14.7 Å². The van der Waals surface area contributed by atoms with Gasteiger partial charge >= 0.3 is 0 Å². The fraction of sp³-hybridized carbons (Fsp3) is 0.812. The van der Waals surface area contributed by atoms with E-state index in [4.69, 9.17) is 0 Å². The van der Waals surface area contributed by atoms with Crippen LogP contribution in [-0.2, 0) is 6.54 Å². The Morgan fingerprint density at radius 3 is 2.85 bits per heavy atom. The molecule has 0 radical (unpaired) electrons. The molecule has 2 aliphatic rings. The largest absolute Gasteiger partial charge is 0.395 e. The second kappa shape index (κ2) is 6.27. The van der Waals surface area contributed by atoms with Gasteiger partial charge in [-0.3, -0.25) is 9.58 Å². The summed E-state index contributed by atoms with van der Waals surface area (Å²) in [6, 6.07) is 3.11. The molecular weight excluding hydrogens is 250 g/mol. The van der Waals surface area contributed by atoms with Gasteiger partial charge in [-0.2, -0.15) is 5.10 Å². The van der Waals surface area contributed by atoms with Gasteiger partial charge in [0.05, 0.1) is 18.3 Å². The lowest BCUT2D eigenvalue weighted by molar-refractivity contribution is 0.0552. The summed E-state index contributed by atoms with van der Waals surface area (Å²) in [5, 5.41) is 14.2. The van der Waals surface area contributed by atoms with Gasteiger partial charge in [-0.15, -0.1) is 0 Å². The molecule has 1 aromatic rings. The third-order valence-electron chi connectivity index (χ3n) is 5.27. The monoisotopic (exact) mass is 277 g/mol. The number of nitrogens with zero attached hydrogens (tertiary/aromatic N) is 3. The van der Waals surface area contributed by atoms with Crippen LogP contribution in [0.4, 0.5) is 0 Å². The molecule has 2 fully saturated rings. The van der Waals surface area contributed by atoms with E-state index in [0.717, 1.165) is 25.4 Å². The summed E-state index contributed by atoms with van der Waals surface area (Å²) in [7, 11) is 0. The Balaban J connectivity index is 1.66. The molecular formula is C16H27N3O. The lowest BCUT2D eigenvalue weighted by atomic mass is 9.89. The molecule has 0 unspecified atom stereocenters. The molecule has 1 aromatic heterocycles. The van der Waals surface area contributed by atoms with Crippen LogP contribution in [0.1, 0.15) is 57.2 Å². The summed E-state index contributed by atoms with van der Waals surface area (Å²) in [5.41, 5.74) is 1.32. The highest BCUT2D eigenvalue weighted by molar-refractivity contribution is 5.04. The maximum atomic E-state index is 9.68. The highest BCUT2D eigenvalue weighted by Gasteiger charge is 2.29. The number of likely N-dealkylation sites (tertiary alicyclic amines) is 1. The van der Waals surface area contributed by atoms with Crippen LogP contribution >= 0.6 is 0 Å². The molecule has 3 rings (SSSR count). The summed E-state index contributed by atoms with van der Waals surface area (Å²) >= 11 is 0. The van der Waals surface area contributed by atoms with Crippen LogP contribution in [0, 0.1) is 5.92 Å². The van der Waals surface area contributed by atoms with E-state index in [-0.39, 0.29) is 6.61 Å². The number of rotatable bonds is 5. The highest BCUT2D eigenvalue weighted by atomic mass is 16.3. The molecule has 112 valence electrons. The number of hydrogen-bond donors (Lipinski definition) is 1. The van der Waals surface area contributed by atoms with Crippen LogP contribution in [0.5, 0.6) is 0 Å². The van der Waals surface area contributed by atoms with E-state index >= 15 is 0 Å². The smallest absolute Gasteiger partial charge is 0.0587 e. The van der Waals surface area contributed by atoms with Crippen LogP contribution in [0.15, 0.2) is 12.3 Å². The second-order valence-electron chi connectivity index (χ2n) is 6.46. The van der Waals surface area contributed by atoms with Crippen molar-refractivity contribution in [3.63, 3.8) is 0 Å². The molecule has 1 saturated heterocycles. The fourth-order valence-electron chi connectivity index (χ4n) is 3.59. The third kappa shape index (κ3) is 2.77. The van der Waals surface area contributed by atoms with Crippen molar-refractivity contribution in [2.75, 3.05) is 13.2 Å². The zero-order chi connectivity index (χ0) is 13.9. The molecule has 4 heteroatoms. The maximum Gasteiger partial charge on any atom is 0.0587 e. The van der Waals surface area contributed by atoms with Crippen LogP contribution in [-0.4, -0.2) is 39.0 Å². The van der Waals surface area contributed by atoms with Crippen LogP contribution in [0.3, 0.4) is 0 Å². The predicted molar refractivity (Wildman–Crippen MR) is 79.4 cm³/mol. The van der Waals surface area contributed by atoms with Gasteiger partial charge in [0, 0.05) is 18.8 Å². The molecule has 2 heterocycles. The van der Waals surface area contributed by atoms with Crippen molar-refractivity contribution in [3.05, 3.63) is 18.0 Å².